The Hall–Kier alpha value is -1.71. The summed E-state index contributed by atoms with van der Waals surface area (Å²) in [6.45, 7) is 0. The number of hydrogen-bond acceptors (Lipinski definition) is 3. The number of methoxy groups -OCH3 is 1. The molecule has 1 aromatic rings. The summed E-state index contributed by atoms with van der Waals surface area (Å²) in [4.78, 5) is 15.5. The van der Waals surface area contributed by atoms with E-state index in [9.17, 15) is 4.79 Å². The predicted octanol–water partition coefficient (Wildman–Crippen LogP) is 1.46. The Morgan fingerprint density at radius 2 is 1.81 bits per heavy atom. The second-order valence-electron chi connectivity index (χ2n) is 3.95. The largest absolute Gasteiger partial charge is 0.496 e. The van der Waals surface area contributed by atoms with Crippen molar-refractivity contribution in [1.82, 2.24) is 4.90 Å². The lowest BCUT2D eigenvalue weighted by molar-refractivity contribution is 0.0825. The van der Waals surface area contributed by atoms with Gasteiger partial charge in [0.05, 0.1) is 12.8 Å². The van der Waals surface area contributed by atoms with Gasteiger partial charge in [-0.3, -0.25) is 4.79 Å². The van der Waals surface area contributed by atoms with E-state index in [1.165, 1.54) is 0 Å². The van der Waals surface area contributed by atoms with E-state index in [0.717, 1.165) is 5.69 Å². The number of hydrogen-bond donors (Lipinski definition) is 0. The summed E-state index contributed by atoms with van der Waals surface area (Å²) < 4.78 is 5.23. The molecule has 1 amide bonds. The molecule has 0 saturated carbocycles. The average Bonchev–Trinajstić information content (AvgIpc) is 2.26. The maximum Gasteiger partial charge on any atom is 0.259 e. The van der Waals surface area contributed by atoms with E-state index >= 15 is 0 Å². The maximum absolute atomic E-state index is 12.1. The molecule has 88 valence electrons. The standard InChI is InChI=1S/C12H18N2O2/c1-13(2)9-7-6-8-10(16-5)11(9)12(15)14(3)4/h6-8H,1-5H3. The molecule has 0 saturated heterocycles. The zero-order valence-corrected chi connectivity index (χ0v) is 10.4. The lowest BCUT2D eigenvalue weighted by atomic mass is 10.1. The lowest BCUT2D eigenvalue weighted by Crippen LogP contribution is -2.25. The Balaban J connectivity index is 3.36. The van der Waals surface area contributed by atoms with Gasteiger partial charge >= 0.3 is 0 Å². The average molecular weight is 222 g/mol. The number of carbonyl (C=O) groups excluding carboxylic acids is 1. The first-order valence-corrected chi connectivity index (χ1v) is 5.05. The summed E-state index contributed by atoms with van der Waals surface area (Å²) in [7, 11) is 8.84. The van der Waals surface area contributed by atoms with Gasteiger partial charge in [-0.2, -0.15) is 0 Å². The molecular formula is C12H18N2O2. The Morgan fingerprint density at radius 1 is 1.19 bits per heavy atom. The molecule has 4 heteroatoms. The van der Waals surface area contributed by atoms with E-state index in [2.05, 4.69) is 0 Å². The SMILES string of the molecule is COc1cccc(N(C)C)c1C(=O)N(C)C. The van der Waals surface area contributed by atoms with Crippen LogP contribution >= 0.6 is 0 Å². The van der Waals surface area contributed by atoms with Gasteiger partial charge < -0.3 is 14.5 Å². The lowest BCUT2D eigenvalue weighted by Gasteiger charge is -2.21. The van der Waals surface area contributed by atoms with Crippen LogP contribution in [0.4, 0.5) is 5.69 Å². The number of ether oxygens (including phenoxy) is 1. The van der Waals surface area contributed by atoms with Crippen LogP contribution in [0, 0.1) is 0 Å². The zero-order chi connectivity index (χ0) is 12.3. The van der Waals surface area contributed by atoms with Gasteiger partial charge in [-0.1, -0.05) is 6.07 Å². The monoisotopic (exact) mass is 222 g/mol. The maximum atomic E-state index is 12.1. The molecule has 0 spiro atoms. The van der Waals surface area contributed by atoms with Crippen molar-refractivity contribution in [3.8, 4) is 5.75 Å². The van der Waals surface area contributed by atoms with Crippen LogP contribution in [0.2, 0.25) is 0 Å². The molecule has 0 aliphatic carbocycles. The molecule has 0 N–H and O–H groups in total. The Bertz CT molecular complexity index is 387. The smallest absolute Gasteiger partial charge is 0.259 e. The molecule has 0 unspecified atom stereocenters. The van der Waals surface area contributed by atoms with Crippen LogP contribution in [-0.4, -0.2) is 46.1 Å². The molecule has 0 fully saturated rings. The molecule has 0 radical (unpaired) electrons. The number of rotatable bonds is 3. The highest BCUT2D eigenvalue weighted by atomic mass is 16.5. The first-order chi connectivity index (χ1) is 7.49. The normalized spacial score (nSPS) is 9.81. The number of benzene rings is 1. The number of nitrogens with zero attached hydrogens (tertiary/aromatic N) is 2. The molecule has 0 aliphatic rings. The first kappa shape index (κ1) is 12.4. The fourth-order valence-corrected chi connectivity index (χ4v) is 1.50. The topological polar surface area (TPSA) is 32.8 Å². The van der Waals surface area contributed by atoms with Crippen LogP contribution in [-0.2, 0) is 0 Å². The third-order valence-electron chi connectivity index (χ3n) is 2.33. The summed E-state index contributed by atoms with van der Waals surface area (Å²) in [6.07, 6.45) is 0. The second-order valence-corrected chi connectivity index (χ2v) is 3.95. The van der Waals surface area contributed by atoms with Gasteiger partial charge in [-0.15, -0.1) is 0 Å². The molecule has 1 aromatic carbocycles. The third kappa shape index (κ3) is 2.27. The summed E-state index contributed by atoms with van der Waals surface area (Å²) in [6, 6.07) is 5.57. The fourth-order valence-electron chi connectivity index (χ4n) is 1.50. The van der Waals surface area contributed by atoms with Crippen molar-refractivity contribution in [2.45, 2.75) is 0 Å². The van der Waals surface area contributed by atoms with Crippen molar-refractivity contribution in [2.24, 2.45) is 0 Å². The Kier molecular flexibility index (Phi) is 3.77. The van der Waals surface area contributed by atoms with Crippen molar-refractivity contribution in [3.63, 3.8) is 0 Å². The highest BCUT2D eigenvalue weighted by molar-refractivity contribution is 6.02. The van der Waals surface area contributed by atoms with Gasteiger partial charge in [0.1, 0.15) is 11.3 Å². The van der Waals surface area contributed by atoms with Crippen LogP contribution in [0.1, 0.15) is 10.4 Å². The van der Waals surface area contributed by atoms with Crippen molar-refractivity contribution in [1.29, 1.82) is 0 Å². The van der Waals surface area contributed by atoms with E-state index in [-0.39, 0.29) is 5.91 Å². The van der Waals surface area contributed by atoms with Crippen LogP contribution in [0.15, 0.2) is 18.2 Å². The van der Waals surface area contributed by atoms with E-state index in [1.54, 1.807) is 32.2 Å². The van der Waals surface area contributed by atoms with Gasteiger partial charge in [0.25, 0.3) is 5.91 Å². The fraction of sp³-hybridized carbons (Fsp3) is 0.417. The van der Waals surface area contributed by atoms with Crippen molar-refractivity contribution >= 4 is 11.6 Å². The number of anilines is 1. The summed E-state index contributed by atoms with van der Waals surface area (Å²) in [5, 5.41) is 0. The van der Waals surface area contributed by atoms with E-state index in [1.807, 2.05) is 31.1 Å². The van der Waals surface area contributed by atoms with Crippen LogP contribution in [0.5, 0.6) is 5.75 Å². The summed E-state index contributed by atoms with van der Waals surface area (Å²) in [5.74, 6) is 0.547. The molecule has 1 rings (SSSR count). The highest BCUT2D eigenvalue weighted by Crippen LogP contribution is 2.28. The molecule has 0 heterocycles. The molecule has 16 heavy (non-hydrogen) atoms. The van der Waals surface area contributed by atoms with Gasteiger partial charge in [0.15, 0.2) is 0 Å². The second kappa shape index (κ2) is 4.88. The van der Waals surface area contributed by atoms with E-state index in [0.29, 0.717) is 11.3 Å². The summed E-state index contributed by atoms with van der Waals surface area (Å²) >= 11 is 0. The molecule has 0 aromatic heterocycles. The van der Waals surface area contributed by atoms with Crippen LogP contribution in [0.25, 0.3) is 0 Å². The summed E-state index contributed by atoms with van der Waals surface area (Å²) in [5.41, 5.74) is 1.46. The molecule has 4 nitrogen and oxygen atoms in total. The van der Waals surface area contributed by atoms with E-state index in [4.69, 9.17) is 4.74 Å². The minimum Gasteiger partial charge on any atom is -0.496 e. The van der Waals surface area contributed by atoms with Gasteiger partial charge in [-0.25, -0.2) is 0 Å². The minimum atomic E-state index is -0.0545. The zero-order valence-electron chi connectivity index (χ0n) is 10.4. The third-order valence-corrected chi connectivity index (χ3v) is 2.33. The molecule has 0 bridgehead atoms. The van der Waals surface area contributed by atoms with Crippen LogP contribution in [0.3, 0.4) is 0 Å². The van der Waals surface area contributed by atoms with Crippen molar-refractivity contribution < 1.29 is 9.53 Å². The quantitative estimate of drug-likeness (QED) is 0.776. The Labute approximate surface area is 96.4 Å². The number of amides is 1. The minimum absolute atomic E-state index is 0.0545. The van der Waals surface area contributed by atoms with Gasteiger partial charge in [0, 0.05) is 28.2 Å². The number of carbonyl (C=O) groups is 1. The van der Waals surface area contributed by atoms with Gasteiger partial charge in [0.2, 0.25) is 0 Å². The van der Waals surface area contributed by atoms with E-state index < -0.39 is 0 Å². The van der Waals surface area contributed by atoms with Gasteiger partial charge in [-0.05, 0) is 12.1 Å². The van der Waals surface area contributed by atoms with Crippen molar-refractivity contribution in [3.05, 3.63) is 23.8 Å². The Morgan fingerprint density at radius 3 is 2.25 bits per heavy atom. The highest BCUT2D eigenvalue weighted by Gasteiger charge is 2.19. The molecular weight excluding hydrogens is 204 g/mol. The molecule has 0 atom stereocenters. The first-order valence-electron chi connectivity index (χ1n) is 5.05. The van der Waals surface area contributed by atoms with Crippen LogP contribution < -0.4 is 9.64 Å². The molecule has 0 aliphatic heterocycles. The van der Waals surface area contributed by atoms with Crippen molar-refractivity contribution in [2.75, 3.05) is 40.2 Å². The predicted molar refractivity (Wildman–Crippen MR) is 65.3 cm³/mol.